The maximum Gasteiger partial charge on any atom is 0.181 e. The summed E-state index contributed by atoms with van der Waals surface area (Å²) < 4.78 is 5.16. The highest BCUT2D eigenvalue weighted by Crippen LogP contribution is 2.12. The summed E-state index contributed by atoms with van der Waals surface area (Å²) in [6.07, 6.45) is 4.72. The van der Waals surface area contributed by atoms with Gasteiger partial charge in [0.05, 0.1) is 11.6 Å². The van der Waals surface area contributed by atoms with E-state index in [1.54, 1.807) is 0 Å². The molecule has 62 valence electrons. The first-order valence-corrected chi connectivity index (χ1v) is 4.39. The van der Waals surface area contributed by atoms with Crippen molar-refractivity contribution in [2.45, 2.75) is 32.1 Å². The molecule has 0 bridgehead atoms. The molecule has 3 heteroatoms. The van der Waals surface area contributed by atoms with Crippen LogP contribution in [0.15, 0.2) is 10.8 Å². The van der Waals surface area contributed by atoms with Crippen molar-refractivity contribution in [3.05, 3.63) is 17.8 Å². The lowest BCUT2D eigenvalue weighted by atomic mass is 10.2. The van der Waals surface area contributed by atoms with Gasteiger partial charge in [-0.3, -0.25) is 0 Å². The van der Waals surface area contributed by atoms with Crippen LogP contribution in [0.4, 0.5) is 0 Å². The maximum atomic E-state index is 5.63. The lowest BCUT2D eigenvalue weighted by Gasteiger charge is -1.94. The number of aryl methyl sites for hydroxylation is 1. The Hall–Kier alpha value is -0.500. The third-order valence-corrected chi connectivity index (χ3v) is 1.86. The van der Waals surface area contributed by atoms with E-state index >= 15 is 0 Å². The average molecular weight is 174 g/mol. The standard InChI is InChI=1S/C8H12ClNO/c1-2-3-4-8-7(5-9)10-6-11-8/h6H,2-5H2,1H3. The number of rotatable bonds is 4. The van der Waals surface area contributed by atoms with Gasteiger partial charge in [0.15, 0.2) is 6.39 Å². The summed E-state index contributed by atoms with van der Waals surface area (Å²) >= 11 is 5.63. The van der Waals surface area contributed by atoms with E-state index in [2.05, 4.69) is 11.9 Å². The Balaban J connectivity index is 2.54. The quantitative estimate of drug-likeness (QED) is 0.655. The van der Waals surface area contributed by atoms with Crippen LogP contribution in [0.5, 0.6) is 0 Å². The first kappa shape index (κ1) is 8.60. The van der Waals surface area contributed by atoms with Crippen molar-refractivity contribution in [2.24, 2.45) is 0 Å². The van der Waals surface area contributed by atoms with Crippen LogP contribution in [0.2, 0.25) is 0 Å². The van der Waals surface area contributed by atoms with E-state index in [0.717, 1.165) is 24.3 Å². The van der Waals surface area contributed by atoms with Gasteiger partial charge in [0.1, 0.15) is 5.76 Å². The van der Waals surface area contributed by atoms with Crippen LogP contribution in [-0.4, -0.2) is 4.98 Å². The van der Waals surface area contributed by atoms with E-state index in [4.69, 9.17) is 16.0 Å². The number of alkyl halides is 1. The zero-order valence-corrected chi connectivity index (χ0v) is 7.40. The van der Waals surface area contributed by atoms with E-state index in [9.17, 15) is 0 Å². The Morgan fingerprint density at radius 3 is 3.09 bits per heavy atom. The largest absolute Gasteiger partial charge is 0.448 e. The normalized spacial score (nSPS) is 10.4. The molecule has 0 aliphatic rings. The SMILES string of the molecule is CCCCc1ocnc1CCl. The molecule has 1 aromatic rings. The van der Waals surface area contributed by atoms with Crippen LogP contribution >= 0.6 is 11.6 Å². The Kier molecular flexibility index (Phi) is 3.43. The molecule has 0 saturated carbocycles. The van der Waals surface area contributed by atoms with Crippen LogP contribution in [-0.2, 0) is 12.3 Å². The Labute approximate surface area is 71.6 Å². The van der Waals surface area contributed by atoms with Gasteiger partial charge in [-0.1, -0.05) is 13.3 Å². The molecule has 1 rings (SSSR count). The van der Waals surface area contributed by atoms with Crippen LogP contribution in [0, 0.1) is 0 Å². The molecule has 0 N–H and O–H groups in total. The van der Waals surface area contributed by atoms with Crippen molar-refractivity contribution in [1.29, 1.82) is 0 Å². The molecule has 11 heavy (non-hydrogen) atoms. The van der Waals surface area contributed by atoms with Crippen LogP contribution in [0.1, 0.15) is 31.2 Å². The van der Waals surface area contributed by atoms with Crippen molar-refractivity contribution < 1.29 is 4.42 Å². The second-order valence-corrected chi connectivity index (χ2v) is 2.73. The van der Waals surface area contributed by atoms with Crippen LogP contribution in [0.3, 0.4) is 0 Å². The summed E-state index contributed by atoms with van der Waals surface area (Å²) in [5, 5.41) is 0. The van der Waals surface area contributed by atoms with Gasteiger partial charge in [-0.2, -0.15) is 0 Å². The first-order chi connectivity index (χ1) is 5.38. The summed E-state index contributed by atoms with van der Waals surface area (Å²) in [6.45, 7) is 2.15. The zero-order valence-electron chi connectivity index (χ0n) is 6.64. The predicted molar refractivity (Wildman–Crippen MR) is 44.7 cm³/mol. The fraction of sp³-hybridized carbons (Fsp3) is 0.625. The topological polar surface area (TPSA) is 26.0 Å². The third kappa shape index (κ3) is 2.22. The molecular formula is C8H12ClNO. The molecule has 0 aliphatic heterocycles. The molecule has 0 amide bonds. The molecule has 0 atom stereocenters. The Morgan fingerprint density at radius 1 is 1.64 bits per heavy atom. The van der Waals surface area contributed by atoms with Gasteiger partial charge in [0.2, 0.25) is 0 Å². The molecule has 2 nitrogen and oxygen atoms in total. The molecular weight excluding hydrogens is 162 g/mol. The molecule has 0 fully saturated rings. The number of hydrogen-bond donors (Lipinski definition) is 0. The van der Waals surface area contributed by atoms with E-state index < -0.39 is 0 Å². The first-order valence-electron chi connectivity index (χ1n) is 3.85. The van der Waals surface area contributed by atoms with Gasteiger partial charge < -0.3 is 4.42 Å². The number of halogens is 1. The van der Waals surface area contributed by atoms with Gasteiger partial charge in [0, 0.05) is 6.42 Å². The van der Waals surface area contributed by atoms with Crippen LogP contribution < -0.4 is 0 Å². The van der Waals surface area contributed by atoms with Gasteiger partial charge in [0.25, 0.3) is 0 Å². The molecule has 0 unspecified atom stereocenters. The summed E-state index contributed by atoms with van der Waals surface area (Å²) in [4.78, 5) is 3.99. The van der Waals surface area contributed by atoms with E-state index in [0.29, 0.717) is 5.88 Å². The Bertz CT molecular complexity index is 210. The minimum atomic E-state index is 0.454. The van der Waals surface area contributed by atoms with Gasteiger partial charge in [-0.05, 0) is 6.42 Å². The molecule has 0 spiro atoms. The highest BCUT2D eigenvalue weighted by atomic mass is 35.5. The summed E-state index contributed by atoms with van der Waals surface area (Å²) in [5.41, 5.74) is 0.889. The second kappa shape index (κ2) is 4.39. The maximum absolute atomic E-state index is 5.63. The van der Waals surface area contributed by atoms with Gasteiger partial charge >= 0.3 is 0 Å². The van der Waals surface area contributed by atoms with E-state index in [1.807, 2.05) is 0 Å². The van der Waals surface area contributed by atoms with Crippen molar-refractivity contribution in [1.82, 2.24) is 4.98 Å². The highest BCUT2D eigenvalue weighted by molar-refractivity contribution is 6.16. The van der Waals surface area contributed by atoms with Crippen molar-refractivity contribution >= 4 is 11.6 Å². The number of unbranched alkanes of at least 4 members (excludes halogenated alkanes) is 1. The minimum absolute atomic E-state index is 0.454. The third-order valence-electron chi connectivity index (χ3n) is 1.61. The molecule has 0 saturated heterocycles. The number of oxazole rings is 1. The summed E-state index contributed by atoms with van der Waals surface area (Å²) in [5.74, 6) is 1.40. The lowest BCUT2D eigenvalue weighted by molar-refractivity contribution is 0.493. The van der Waals surface area contributed by atoms with Gasteiger partial charge in [-0.15, -0.1) is 11.6 Å². The molecule has 0 aliphatic carbocycles. The smallest absolute Gasteiger partial charge is 0.181 e. The van der Waals surface area contributed by atoms with Crippen LogP contribution in [0.25, 0.3) is 0 Å². The van der Waals surface area contributed by atoms with Crippen molar-refractivity contribution in [2.75, 3.05) is 0 Å². The van der Waals surface area contributed by atoms with Crippen molar-refractivity contribution in [3.8, 4) is 0 Å². The van der Waals surface area contributed by atoms with E-state index in [-0.39, 0.29) is 0 Å². The van der Waals surface area contributed by atoms with Gasteiger partial charge in [-0.25, -0.2) is 4.98 Å². The summed E-state index contributed by atoms with van der Waals surface area (Å²) in [6, 6.07) is 0. The predicted octanol–water partition coefficient (Wildman–Crippen LogP) is 2.76. The Morgan fingerprint density at radius 2 is 2.45 bits per heavy atom. The minimum Gasteiger partial charge on any atom is -0.448 e. The molecule has 1 aromatic heterocycles. The highest BCUT2D eigenvalue weighted by Gasteiger charge is 2.04. The number of hydrogen-bond acceptors (Lipinski definition) is 2. The zero-order chi connectivity index (χ0) is 8.10. The fourth-order valence-electron chi connectivity index (χ4n) is 0.943. The molecule has 0 aromatic carbocycles. The molecule has 1 heterocycles. The molecule has 0 radical (unpaired) electrons. The monoisotopic (exact) mass is 173 g/mol. The fourth-order valence-corrected chi connectivity index (χ4v) is 1.16. The number of aromatic nitrogens is 1. The average Bonchev–Trinajstić information content (AvgIpc) is 2.47. The summed E-state index contributed by atoms with van der Waals surface area (Å²) in [7, 11) is 0. The second-order valence-electron chi connectivity index (χ2n) is 2.46. The van der Waals surface area contributed by atoms with E-state index in [1.165, 1.54) is 12.8 Å². The lowest BCUT2D eigenvalue weighted by Crippen LogP contribution is -1.87. The number of nitrogens with zero attached hydrogens (tertiary/aromatic N) is 1. The van der Waals surface area contributed by atoms with Crippen molar-refractivity contribution in [3.63, 3.8) is 0 Å².